The van der Waals surface area contributed by atoms with Crippen molar-refractivity contribution in [2.24, 2.45) is 17.6 Å². The fraction of sp³-hybridized carbons (Fsp3) is 1.00. The molecule has 0 aliphatic heterocycles. The molecule has 0 radical (unpaired) electrons. The highest BCUT2D eigenvalue weighted by atomic mass is 15.0. The van der Waals surface area contributed by atoms with Gasteiger partial charge in [-0.2, -0.15) is 0 Å². The van der Waals surface area contributed by atoms with Gasteiger partial charge in [-0.15, -0.1) is 0 Å². The van der Waals surface area contributed by atoms with Crippen LogP contribution in [0.5, 0.6) is 0 Å². The molecule has 0 bridgehead atoms. The molecule has 3 N–H and O–H groups in total. The molecule has 2 saturated carbocycles. The lowest BCUT2D eigenvalue weighted by atomic mass is 10.0. The molecule has 0 unspecified atom stereocenters. The Balaban J connectivity index is 1.67. The molecule has 82 valence electrons. The molecule has 2 heteroatoms. The van der Waals surface area contributed by atoms with Crippen molar-refractivity contribution >= 4 is 0 Å². The van der Waals surface area contributed by atoms with Gasteiger partial charge in [0.1, 0.15) is 0 Å². The zero-order valence-electron chi connectivity index (χ0n) is 9.55. The molecule has 2 aliphatic carbocycles. The second kappa shape index (κ2) is 3.82. The molecule has 0 atom stereocenters. The highest BCUT2D eigenvalue weighted by Crippen LogP contribution is 2.44. The van der Waals surface area contributed by atoms with Crippen LogP contribution < -0.4 is 11.1 Å². The van der Waals surface area contributed by atoms with Crippen LogP contribution in [0.2, 0.25) is 0 Å². The largest absolute Gasteiger partial charge is 0.326 e. The van der Waals surface area contributed by atoms with Crippen LogP contribution in [0.15, 0.2) is 0 Å². The van der Waals surface area contributed by atoms with E-state index in [0.717, 1.165) is 30.8 Å². The summed E-state index contributed by atoms with van der Waals surface area (Å²) in [7, 11) is 0. The van der Waals surface area contributed by atoms with Crippen LogP contribution >= 0.6 is 0 Å². The molecule has 14 heavy (non-hydrogen) atoms. The minimum atomic E-state index is -0.00927. The van der Waals surface area contributed by atoms with Gasteiger partial charge in [-0.05, 0) is 64.3 Å². The second-order valence-electron chi connectivity index (χ2n) is 5.89. The van der Waals surface area contributed by atoms with E-state index in [0.29, 0.717) is 0 Å². The topological polar surface area (TPSA) is 38.0 Å². The second-order valence-corrected chi connectivity index (χ2v) is 5.89. The number of rotatable bonds is 6. The van der Waals surface area contributed by atoms with Gasteiger partial charge in [0, 0.05) is 11.6 Å². The summed E-state index contributed by atoms with van der Waals surface area (Å²) >= 11 is 0. The molecule has 0 aromatic rings. The number of nitrogens with two attached hydrogens (primary N) is 1. The van der Waals surface area contributed by atoms with Crippen molar-refractivity contribution in [2.75, 3.05) is 6.54 Å². The summed E-state index contributed by atoms with van der Waals surface area (Å²) in [6.07, 6.45) is 6.92. The fourth-order valence-corrected chi connectivity index (χ4v) is 2.19. The first-order chi connectivity index (χ1) is 6.56. The zero-order chi connectivity index (χ0) is 10.2. The minimum absolute atomic E-state index is 0.00927. The molecular formula is C12H24N2. The third-order valence-electron chi connectivity index (χ3n) is 3.41. The molecule has 0 saturated heterocycles. The molecule has 0 amide bonds. The molecule has 2 aliphatic rings. The Morgan fingerprint density at radius 1 is 1.21 bits per heavy atom. The lowest BCUT2D eigenvalue weighted by Crippen LogP contribution is -2.40. The van der Waals surface area contributed by atoms with E-state index in [-0.39, 0.29) is 5.54 Å². The average Bonchev–Trinajstić information content (AvgIpc) is 2.89. The van der Waals surface area contributed by atoms with Gasteiger partial charge in [-0.1, -0.05) is 0 Å². The normalized spacial score (nSPS) is 23.1. The molecule has 0 aromatic heterocycles. The van der Waals surface area contributed by atoms with Crippen LogP contribution in [-0.4, -0.2) is 18.1 Å². The highest BCUT2D eigenvalue weighted by Gasteiger charge is 2.40. The summed E-state index contributed by atoms with van der Waals surface area (Å²) in [6, 6.07) is 0.831. The Morgan fingerprint density at radius 2 is 1.71 bits per heavy atom. The van der Waals surface area contributed by atoms with Gasteiger partial charge in [0.2, 0.25) is 0 Å². The molecule has 2 rings (SSSR count). The van der Waals surface area contributed by atoms with Crippen LogP contribution in [-0.2, 0) is 0 Å². The van der Waals surface area contributed by atoms with Gasteiger partial charge >= 0.3 is 0 Å². The summed E-state index contributed by atoms with van der Waals surface area (Å²) in [5, 5.41) is 3.72. The first kappa shape index (κ1) is 10.4. The van der Waals surface area contributed by atoms with E-state index in [1.165, 1.54) is 25.7 Å². The number of hydrogen-bond donors (Lipinski definition) is 2. The molecule has 0 aromatic carbocycles. The lowest BCUT2D eigenvalue weighted by Gasteiger charge is -2.22. The first-order valence-electron chi connectivity index (χ1n) is 6.08. The molecular weight excluding hydrogens is 172 g/mol. The van der Waals surface area contributed by atoms with Crippen molar-refractivity contribution in [2.45, 2.75) is 57.5 Å². The molecule has 2 nitrogen and oxygen atoms in total. The van der Waals surface area contributed by atoms with Gasteiger partial charge in [0.15, 0.2) is 0 Å². The van der Waals surface area contributed by atoms with Crippen LogP contribution in [0.3, 0.4) is 0 Å². The number of hydrogen-bond acceptors (Lipinski definition) is 2. The summed E-state index contributed by atoms with van der Waals surface area (Å²) in [4.78, 5) is 0. The van der Waals surface area contributed by atoms with E-state index in [9.17, 15) is 0 Å². The Morgan fingerprint density at radius 3 is 2.07 bits per heavy atom. The van der Waals surface area contributed by atoms with Gasteiger partial charge in [-0.25, -0.2) is 0 Å². The quantitative estimate of drug-likeness (QED) is 0.681. The standard InChI is InChI=1S/C12H24N2/c1-12(2,13)7-8-14-11(9-3-4-9)10-5-6-10/h9-11,14H,3-8,13H2,1-2H3. The predicted octanol–water partition coefficient (Wildman–Crippen LogP) is 1.89. The van der Waals surface area contributed by atoms with Crippen molar-refractivity contribution in [3.63, 3.8) is 0 Å². The summed E-state index contributed by atoms with van der Waals surface area (Å²) in [5.74, 6) is 2.01. The predicted molar refractivity (Wildman–Crippen MR) is 60.1 cm³/mol. The van der Waals surface area contributed by atoms with E-state index in [4.69, 9.17) is 5.73 Å². The van der Waals surface area contributed by atoms with Crippen molar-refractivity contribution < 1.29 is 0 Å². The smallest absolute Gasteiger partial charge is 0.0124 e. The zero-order valence-corrected chi connectivity index (χ0v) is 9.55. The molecule has 0 spiro atoms. The van der Waals surface area contributed by atoms with Crippen molar-refractivity contribution in [3.05, 3.63) is 0 Å². The Bertz CT molecular complexity index is 175. The number of nitrogens with one attached hydrogen (secondary N) is 1. The molecule has 0 heterocycles. The maximum Gasteiger partial charge on any atom is 0.0124 e. The van der Waals surface area contributed by atoms with E-state index in [2.05, 4.69) is 19.2 Å². The highest BCUT2D eigenvalue weighted by molar-refractivity contribution is 4.96. The Labute approximate surface area is 87.6 Å². The monoisotopic (exact) mass is 196 g/mol. The van der Waals surface area contributed by atoms with Gasteiger partial charge in [0.25, 0.3) is 0 Å². The first-order valence-corrected chi connectivity index (χ1v) is 6.08. The van der Waals surface area contributed by atoms with Gasteiger partial charge in [0.05, 0.1) is 0 Å². The average molecular weight is 196 g/mol. The SMILES string of the molecule is CC(C)(N)CCNC(C1CC1)C1CC1. The van der Waals surface area contributed by atoms with Crippen molar-refractivity contribution in [1.29, 1.82) is 0 Å². The van der Waals surface area contributed by atoms with E-state index in [1.807, 2.05) is 0 Å². The van der Waals surface area contributed by atoms with Gasteiger partial charge < -0.3 is 11.1 Å². The fourth-order valence-electron chi connectivity index (χ4n) is 2.19. The van der Waals surface area contributed by atoms with Crippen LogP contribution in [0.1, 0.15) is 46.0 Å². The minimum Gasteiger partial charge on any atom is -0.326 e. The lowest BCUT2D eigenvalue weighted by molar-refractivity contribution is 0.379. The Kier molecular flexibility index (Phi) is 2.85. The van der Waals surface area contributed by atoms with Crippen molar-refractivity contribution in [1.82, 2.24) is 5.32 Å². The summed E-state index contributed by atoms with van der Waals surface area (Å²) < 4.78 is 0. The maximum atomic E-state index is 5.97. The van der Waals surface area contributed by atoms with Crippen LogP contribution in [0.4, 0.5) is 0 Å². The van der Waals surface area contributed by atoms with Crippen molar-refractivity contribution in [3.8, 4) is 0 Å². The van der Waals surface area contributed by atoms with E-state index in [1.54, 1.807) is 0 Å². The third-order valence-corrected chi connectivity index (χ3v) is 3.41. The third kappa shape index (κ3) is 3.25. The van der Waals surface area contributed by atoms with E-state index >= 15 is 0 Å². The van der Waals surface area contributed by atoms with Crippen LogP contribution in [0, 0.1) is 11.8 Å². The summed E-state index contributed by atoms with van der Waals surface area (Å²) in [6.45, 7) is 5.32. The summed E-state index contributed by atoms with van der Waals surface area (Å²) in [5.41, 5.74) is 5.96. The maximum absolute atomic E-state index is 5.97. The van der Waals surface area contributed by atoms with Gasteiger partial charge in [-0.3, -0.25) is 0 Å². The Hall–Kier alpha value is -0.0800. The molecule has 2 fully saturated rings. The van der Waals surface area contributed by atoms with E-state index < -0.39 is 0 Å². The van der Waals surface area contributed by atoms with Crippen LogP contribution in [0.25, 0.3) is 0 Å².